The number of hydrogen-bond acceptors (Lipinski definition) is 3. The van der Waals surface area contributed by atoms with Crippen LogP contribution in [0.15, 0.2) is 0 Å². The van der Waals surface area contributed by atoms with Gasteiger partial charge in [-0.1, -0.05) is 6.92 Å². The Balaban J connectivity index is 2.41. The van der Waals surface area contributed by atoms with E-state index in [0.29, 0.717) is 19.2 Å². The Labute approximate surface area is 72.7 Å². The molecular weight excluding hydrogens is 156 g/mol. The highest BCUT2D eigenvalue weighted by atomic mass is 16.5. The van der Waals surface area contributed by atoms with Crippen molar-refractivity contribution >= 4 is 5.91 Å². The molecule has 1 saturated heterocycles. The molecule has 1 aliphatic rings. The maximum atomic E-state index is 10.7. The van der Waals surface area contributed by atoms with Gasteiger partial charge in [-0.15, -0.1) is 0 Å². The van der Waals surface area contributed by atoms with Gasteiger partial charge in [-0.2, -0.15) is 0 Å². The Morgan fingerprint density at radius 2 is 2.50 bits per heavy atom. The zero-order chi connectivity index (χ0) is 8.97. The molecule has 0 bridgehead atoms. The molecule has 4 heteroatoms. The summed E-state index contributed by atoms with van der Waals surface area (Å²) in [6.07, 6.45) is 1.01. The number of ether oxygens (including phenoxy) is 1. The molecule has 1 atom stereocenters. The highest BCUT2D eigenvalue weighted by molar-refractivity contribution is 5.75. The molecule has 1 rings (SSSR count). The Bertz CT molecular complexity index is 161. The fourth-order valence-corrected chi connectivity index (χ4v) is 1.47. The van der Waals surface area contributed by atoms with Crippen LogP contribution in [0.25, 0.3) is 0 Å². The maximum Gasteiger partial charge on any atom is 0.231 e. The standard InChI is InChI=1S/C8H16N2O2/c1-2-7-6-12-4-3-10(7)5-8(9)11/h7H,2-6H2,1H3,(H2,9,11). The minimum Gasteiger partial charge on any atom is -0.378 e. The van der Waals surface area contributed by atoms with Crippen LogP contribution in [0.3, 0.4) is 0 Å². The average molecular weight is 172 g/mol. The molecular formula is C8H16N2O2. The number of carbonyl (C=O) groups is 1. The molecule has 1 heterocycles. The van der Waals surface area contributed by atoms with Crippen molar-refractivity contribution in [2.45, 2.75) is 19.4 Å². The predicted octanol–water partition coefficient (Wildman–Crippen LogP) is -0.417. The van der Waals surface area contributed by atoms with Gasteiger partial charge >= 0.3 is 0 Å². The lowest BCUT2D eigenvalue weighted by molar-refractivity contribution is -0.121. The molecule has 12 heavy (non-hydrogen) atoms. The van der Waals surface area contributed by atoms with Gasteiger partial charge in [0.2, 0.25) is 5.91 Å². The van der Waals surface area contributed by atoms with Gasteiger partial charge in [0.1, 0.15) is 0 Å². The second kappa shape index (κ2) is 4.42. The molecule has 1 aliphatic heterocycles. The number of carbonyl (C=O) groups excluding carboxylic acids is 1. The van der Waals surface area contributed by atoms with Crippen LogP contribution in [0.1, 0.15) is 13.3 Å². The molecule has 1 unspecified atom stereocenters. The van der Waals surface area contributed by atoms with Crippen LogP contribution in [0.4, 0.5) is 0 Å². The Hall–Kier alpha value is -0.610. The Morgan fingerprint density at radius 3 is 3.08 bits per heavy atom. The van der Waals surface area contributed by atoms with Crippen molar-refractivity contribution < 1.29 is 9.53 Å². The molecule has 0 aliphatic carbocycles. The molecule has 0 spiro atoms. The number of rotatable bonds is 3. The minimum absolute atomic E-state index is 0.254. The number of hydrogen-bond donors (Lipinski definition) is 1. The fourth-order valence-electron chi connectivity index (χ4n) is 1.47. The van der Waals surface area contributed by atoms with Gasteiger partial charge in [0.25, 0.3) is 0 Å². The summed E-state index contributed by atoms with van der Waals surface area (Å²) >= 11 is 0. The van der Waals surface area contributed by atoms with Crippen molar-refractivity contribution in [2.24, 2.45) is 5.73 Å². The van der Waals surface area contributed by atoms with Crippen LogP contribution >= 0.6 is 0 Å². The molecule has 0 aromatic rings. The van der Waals surface area contributed by atoms with Gasteiger partial charge in [0.05, 0.1) is 19.8 Å². The highest BCUT2D eigenvalue weighted by Gasteiger charge is 2.21. The summed E-state index contributed by atoms with van der Waals surface area (Å²) in [7, 11) is 0. The second-order valence-corrected chi connectivity index (χ2v) is 3.07. The second-order valence-electron chi connectivity index (χ2n) is 3.07. The number of nitrogens with zero attached hydrogens (tertiary/aromatic N) is 1. The third kappa shape index (κ3) is 2.46. The molecule has 2 N–H and O–H groups in total. The van der Waals surface area contributed by atoms with Gasteiger partial charge in [-0.05, 0) is 6.42 Å². The quantitative estimate of drug-likeness (QED) is 0.629. The van der Waals surface area contributed by atoms with Gasteiger partial charge in [0.15, 0.2) is 0 Å². The lowest BCUT2D eigenvalue weighted by atomic mass is 10.2. The normalized spacial score (nSPS) is 25.6. The third-order valence-electron chi connectivity index (χ3n) is 2.18. The monoisotopic (exact) mass is 172 g/mol. The van der Waals surface area contributed by atoms with Gasteiger partial charge in [-0.25, -0.2) is 0 Å². The molecule has 0 saturated carbocycles. The molecule has 4 nitrogen and oxygen atoms in total. The number of primary amides is 1. The average Bonchev–Trinajstić information content (AvgIpc) is 2.04. The van der Waals surface area contributed by atoms with Crippen LogP contribution in [0.5, 0.6) is 0 Å². The molecule has 70 valence electrons. The van der Waals surface area contributed by atoms with Crippen molar-refractivity contribution in [3.63, 3.8) is 0 Å². The van der Waals surface area contributed by atoms with Crippen LogP contribution in [0.2, 0.25) is 0 Å². The van der Waals surface area contributed by atoms with E-state index in [1.54, 1.807) is 0 Å². The fraction of sp³-hybridized carbons (Fsp3) is 0.875. The summed E-state index contributed by atoms with van der Waals surface area (Å²) in [4.78, 5) is 12.8. The van der Waals surface area contributed by atoms with Crippen molar-refractivity contribution in [2.75, 3.05) is 26.3 Å². The minimum atomic E-state index is -0.254. The molecule has 0 radical (unpaired) electrons. The number of nitrogens with two attached hydrogens (primary N) is 1. The lowest BCUT2D eigenvalue weighted by Gasteiger charge is -2.33. The third-order valence-corrected chi connectivity index (χ3v) is 2.18. The van der Waals surface area contributed by atoms with Gasteiger partial charge < -0.3 is 10.5 Å². The topological polar surface area (TPSA) is 55.6 Å². The molecule has 1 fully saturated rings. The van der Waals surface area contributed by atoms with E-state index in [1.165, 1.54) is 0 Å². The van der Waals surface area contributed by atoms with Crippen molar-refractivity contribution in [1.29, 1.82) is 0 Å². The predicted molar refractivity (Wildman–Crippen MR) is 45.7 cm³/mol. The Morgan fingerprint density at radius 1 is 1.75 bits per heavy atom. The SMILES string of the molecule is CCC1COCCN1CC(N)=O. The molecule has 0 aromatic heterocycles. The van der Waals surface area contributed by atoms with E-state index in [-0.39, 0.29) is 5.91 Å². The number of amides is 1. The van der Waals surface area contributed by atoms with Crippen LogP contribution in [0, 0.1) is 0 Å². The van der Waals surface area contributed by atoms with Crippen LogP contribution in [-0.2, 0) is 9.53 Å². The molecule has 1 amide bonds. The highest BCUT2D eigenvalue weighted by Crippen LogP contribution is 2.08. The summed E-state index contributed by atoms with van der Waals surface area (Å²) in [5, 5.41) is 0. The van der Waals surface area contributed by atoms with E-state index in [0.717, 1.165) is 19.6 Å². The van der Waals surface area contributed by atoms with Crippen molar-refractivity contribution in [3.05, 3.63) is 0 Å². The first-order valence-corrected chi connectivity index (χ1v) is 4.34. The lowest BCUT2D eigenvalue weighted by Crippen LogP contribution is -2.48. The van der Waals surface area contributed by atoms with E-state index in [4.69, 9.17) is 10.5 Å². The van der Waals surface area contributed by atoms with E-state index >= 15 is 0 Å². The van der Waals surface area contributed by atoms with Crippen LogP contribution < -0.4 is 5.73 Å². The zero-order valence-electron chi connectivity index (χ0n) is 7.45. The first kappa shape index (κ1) is 9.48. The van der Waals surface area contributed by atoms with E-state index < -0.39 is 0 Å². The smallest absolute Gasteiger partial charge is 0.231 e. The summed E-state index contributed by atoms with van der Waals surface area (Å²) in [6, 6.07) is 0.367. The maximum absolute atomic E-state index is 10.7. The van der Waals surface area contributed by atoms with E-state index in [1.807, 2.05) is 0 Å². The summed E-state index contributed by atoms with van der Waals surface area (Å²) in [6.45, 7) is 4.71. The summed E-state index contributed by atoms with van der Waals surface area (Å²) in [5.41, 5.74) is 5.12. The first-order valence-electron chi connectivity index (χ1n) is 4.34. The van der Waals surface area contributed by atoms with Crippen molar-refractivity contribution in [3.8, 4) is 0 Å². The molecule has 0 aromatic carbocycles. The Kier molecular flexibility index (Phi) is 3.49. The van der Waals surface area contributed by atoms with Gasteiger partial charge in [-0.3, -0.25) is 9.69 Å². The summed E-state index contributed by atoms with van der Waals surface area (Å²) < 4.78 is 5.29. The zero-order valence-corrected chi connectivity index (χ0v) is 7.45. The number of morpholine rings is 1. The van der Waals surface area contributed by atoms with Gasteiger partial charge in [0, 0.05) is 12.6 Å². The summed E-state index contributed by atoms with van der Waals surface area (Å²) in [5.74, 6) is -0.254. The van der Waals surface area contributed by atoms with Crippen molar-refractivity contribution in [1.82, 2.24) is 4.90 Å². The largest absolute Gasteiger partial charge is 0.378 e. The van der Waals surface area contributed by atoms with E-state index in [9.17, 15) is 4.79 Å². The van der Waals surface area contributed by atoms with E-state index in [2.05, 4.69) is 11.8 Å². The first-order chi connectivity index (χ1) is 5.74. The van der Waals surface area contributed by atoms with Crippen LogP contribution in [-0.4, -0.2) is 43.2 Å².